The molecule has 0 bridgehead atoms. The lowest BCUT2D eigenvalue weighted by Crippen LogP contribution is -2.49. The van der Waals surface area contributed by atoms with Crippen LogP contribution >= 0.6 is 0 Å². The Labute approximate surface area is 116 Å². The first-order chi connectivity index (χ1) is 8.82. The molecule has 2 unspecified atom stereocenters. The number of hydrogen-bond acceptors (Lipinski definition) is 3. The Kier molecular flexibility index (Phi) is 5.79. The monoisotopic (exact) mass is 269 g/mol. The summed E-state index contributed by atoms with van der Waals surface area (Å²) in [5.41, 5.74) is 5.65. The van der Waals surface area contributed by atoms with E-state index in [0.29, 0.717) is 5.92 Å². The molecule has 1 aliphatic heterocycles. The molecule has 0 aromatic rings. The highest BCUT2D eigenvalue weighted by Crippen LogP contribution is 2.19. The Morgan fingerprint density at radius 3 is 2.47 bits per heavy atom. The van der Waals surface area contributed by atoms with Crippen molar-refractivity contribution in [1.29, 1.82) is 0 Å². The van der Waals surface area contributed by atoms with Crippen LogP contribution in [0.25, 0.3) is 0 Å². The maximum absolute atomic E-state index is 11.9. The number of carbonyl (C=O) groups is 2. The lowest BCUT2D eigenvalue weighted by molar-refractivity contribution is -0.135. The van der Waals surface area contributed by atoms with Crippen molar-refractivity contribution >= 4 is 11.8 Å². The lowest BCUT2D eigenvalue weighted by atomic mass is 9.96. The zero-order valence-corrected chi connectivity index (χ0v) is 12.6. The van der Waals surface area contributed by atoms with Crippen LogP contribution < -0.4 is 5.73 Å². The van der Waals surface area contributed by atoms with Gasteiger partial charge in [-0.25, -0.2) is 0 Å². The third-order valence-corrected chi connectivity index (χ3v) is 3.70. The molecule has 1 aliphatic rings. The van der Waals surface area contributed by atoms with E-state index in [1.54, 1.807) is 13.8 Å². The van der Waals surface area contributed by atoms with Gasteiger partial charge in [0.2, 0.25) is 11.8 Å². The van der Waals surface area contributed by atoms with E-state index in [9.17, 15) is 9.59 Å². The minimum absolute atomic E-state index is 0.0172. The molecular formula is C14H27N3O2. The van der Waals surface area contributed by atoms with E-state index in [0.717, 1.165) is 32.5 Å². The SMILES string of the molecule is CC(=O)N(CC1CCCN(C(=O)C(C)N)C1)C(C)C. The van der Waals surface area contributed by atoms with Gasteiger partial charge >= 0.3 is 0 Å². The molecule has 0 aromatic carbocycles. The Balaban J connectivity index is 2.59. The van der Waals surface area contributed by atoms with Gasteiger partial charge in [0.05, 0.1) is 6.04 Å². The van der Waals surface area contributed by atoms with Crippen molar-refractivity contribution in [2.45, 2.75) is 52.6 Å². The molecule has 0 radical (unpaired) electrons. The zero-order valence-electron chi connectivity index (χ0n) is 12.6. The highest BCUT2D eigenvalue weighted by Gasteiger charge is 2.27. The molecule has 1 heterocycles. The van der Waals surface area contributed by atoms with Crippen LogP contribution in [0.4, 0.5) is 0 Å². The first kappa shape index (κ1) is 16.0. The van der Waals surface area contributed by atoms with E-state index in [4.69, 9.17) is 5.73 Å². The van der Waals surface area contributed by atoms with Gasteiger partial charge in [0.1, 0.15) is 0 Å². The number of amides is 2. The summed E-state index contributed by atoms with van der Waals surface area (Å²) in [4.78, 5) is 27.2. The quantitative estimate of drug-likeness (QED) is 0.822. The second kappa shape index (κ2) is 6.89. The molecule has 0 spiro atoms. The molecule has 110 valence electrons. The predicted molar refractivity (Wildman–Crippen MR) is 75.5 cm³/mol. The van der Waals surface area contributed by atoms with E-state index in [1.807, 2.05) is 23.6 Å². The van der Waals surface area contributed by atoms with Gasteiger partial charge in [0, 0.05) is 32.6 Å². The minimum Gasteiger partial charge on any atom is -0.341 e. The fourth-order valence-electron chi connectivity index (χ4n) is 2.68. The van der Waals surface area contributed by atoms with Crippen molar-refractivity contribution in [2.75, 3.05) is 19.6 Å². The highest BCUT2D eigenvalue weighted by atomic mass is 16.2. The number of rotatable bonds is 4. The summed E-state index contributed by atoms with van der Waals surface area (Å²) in [5.74, 6) is 0.483. The van der Waals surface area contributed by atoms with Gasteiger partial charge in [0.25, 0.3) is 0 Å². The van der Waals surface area contributed by atoms with Gasteiger partial charge in [-0.15, -0.1) is 0 Å². The van der Waals surface area contributed by atoms with E-state index in [-0.39, 0.29) is 17.9 Å². The summed E-state index contributed by atoms with van der Waals surface area (Å²) in [6.07, 6.45) is 2.06. The van der Waals surface area contributed by atoms with E-state index in [2.05, 4.69) is 0 Å². The third-order valence-electron chi connectivity index (χ3n) is 3.70. The van der Waals surface area contributed by atoms with Crippen LogP contribution in [0.3, 0.4) is 0 Å². The summed E-state index contributed by atoms with van der Waals surface area (Å²) in [5, 5.41) is 0. The fourth-order valence-corrected chi connectivity index (χ4v) is 2.68. The van der Waals surface area contributed by atoms with E-state index in [1.165, 1.54) is 0 Å². The molecule has 0 saturated carbocycles. The average molecular weight is 269 g/mol. The molecule has 0 aromatic heterocycles. The van der Waals surface area contributed by atoms with Crippen molar-refractivity contribution in [1.82, 2.24) is 9.80 Å². The Morgan fingerprint density at radius 2 is 2.00 bits per heavy atom. The Morgan fingerprint density at radius 1 is 1.37 bits per heavy atom. The second-order valence-electron chi connectivity index (χ2n) is 5.85. The molecule has 5 nitrogen and oxygen atoms in total. The minimum atomic E-state index is -0.437. The molecule has 1 fully saturated rings. The van der Waals surface area contributed by atoms with Crippen molar-refractivity contribution in [3.8, 4) is 0 Å². The zero-order chi connectivity index (χ0) is 14.6. The number of hydrogen-bond donors (Lipinski definition) is 1. The van der Waals surface area contributed by atoms with Crippen molar-refractivity contribution in [2.24, 2.45) is 11.7 Å². The van der Waals surface area contributed by atoms with Gasteiger partial charge < -0.3 is 15.5 Å². The van der Waals surface area contributed by atoms with Crippen LogP contribution in [0.1, 0.15) is 40.5 Å². The van der Waals surface area contributed by atoms with Crippen molar-refractivity contribution < 1.29 is 9.59 Å². The summed E-state index contributed by atoms with van der Waals surface area (Å²) in [6, 6.07) is -0.232. The smallest absolute Gasteiger partial charge is 0.239 e. The van der Waals surface area contributed by atoms with E-state index < -0.39 is 6.04 Å². The topological polar surface area (TPSA) is 66.6 Å². The summed E-state index contributed by atoms with van der Waals surface area (Å²) < 4.78 is 0. The van der Waals surface area contributed by atoms with Crippen LogP contribution in [0.15, 0.2) is 0 Å². The molecule has 1 rings (SSSR count). The number of nitrogens with zero attached hydrogens (tertiary/aromatic N) is 2. The lowest BCUT2D eigenvalue weighted by Gasteiger charge is -2.37. The average Bonchev–Trinajstić information content (AvgIpc) is 2.34. The largest absolute Gasteiger partial charge is 0.341 e. The van der Waals surface area contributed by atoms with Crippen LogP contribution in [-0.4, -0.2) is 53.3 Å². The molecular weight excluding hydrogens is 242 g/mol. The van der Waals surface area contributed by atoms with Gasteiger partial charge in [-0.3, -0.25) is 9.59 Å². The molecule has 5 heteroatoms. The van der Waals surface area contributed by atoms with Gasteiger partial charge in [-0.1, -0.05) is 0 Å². The highest BCUT2D eigenvalue weighted by molar-refractivity contribution is 5.81. The number of carbonyl (C=O) groups excluding carboxylic acids is 2. The van der Waals surface area contributed by atoms with E-state index >= 15 is 0 Å². The predicted octanol–water partition coefficient (Wildman–Crippen LogP) is 0.829. The Bertz CT molecular complexity index is 329. The third kappa shape index (κ3) is 4.49. The molecule has 1 saturated heterocycles. The summed E-state index contributed by atoms with van der Waals surface area (Å²) >= 11 is 0. The molecule has 2 N–H and O–H groups in total. The number of piperidine rings is 1. The molecule has 0 aliphatic carbocycles. The van der Waals surface area contributed by atoms with Gasteiger partial charge in [-0.05, 0) is 39.5 Å². The fraction of sp³-hybridized carbons (Fsp3) is 0.857. The van der Waals surface area contributed by atoms with Crippen molar-refractivity contribution in [3.63, 3.8) is 0 Å². The normalized spacial score (nSPS) is 21.4. The molecule has 2 atom stereocenters. The van der Waals surface area contributed by atoms with Crippen LogP contribution in [0.2, 0.25) is 0 Å². The summed E-state index contributed by atoms with van der Waals surface area (Å²) in [7, 11) is 0. The first-order valence-electron chi connectivity index (χ1n) is 7.14. The number of nitrogens with two attached hydrogens (primary N) is 1. The van der Waals surface area contributed by atoms with Crippen molar-refractivity contribution in [3.05, 3.63) is 0 Å². The van der Waals surface area contributed by atoms with Crippen LogP contribution in [0, 0.1) is 5.92 Å². The molecule has 19 heavy (non-hydrogen) atoms. The van der Waals surface area contributed by atoms with Crippen LogP contribution in [0.5, 0.6) is 0 Å². The first-order valence-corrected chi connectivity index (χ1v) is 7.14. The Hall–Kier alpha value is -1.10. The summed E-state index contributed by atoms with van der Waals surface area (Å²) in [6.45, 7) is 9.62. The maximum atomic E-state index is 11.9. The maximum Gasteiger partial charge on any atom is 0.239 e. The van der Waals surface area contributed by atoms with Gasteiger partial charge in [-0.2, -0.15) is 0 Å². The van der Waals surface area contributed by atoms with Gasteiger partial charge in [0.15, 0.2) is 0 Å². The number of likely N-dealkylation sites (tertiary alicyclic amines) is 1. The standard InChI is InChI=1S/C14H27N3O2/c1-10(2)17(12(4)18)9-13-6-5-7-16(8-13)14(19)11(3)15/h10-11,13H,5-9,15H2,1-4H3. The van der Waals surface area contributed by atoms with Crippen LogP contribution in [-0.2, 0) is 9.59 Å². The molecule has 2 amide bonds. The second-order valence-corrected chi connectivity index (χ2v) is 5.85.